The average molecular weight is 234 g/mol. The molecule has 0 aliphatic carbocycles. The van der Waals surface area contributed by atoms with E-state index in [9.17, 15) is 0 Å². The highest BCUT2D eigenvalue weighted by Gasteiger charge is 2.38. The largest absolute Gasteiger partial charge is 1.00 e. The molecule has 0 N–H and O–H groups in total. The number of hydrogen-bond acceptors (Lipinski definition) is 0. The fraction of sp³-hybridized carbons (Fsp3) is 1.00. The van der Waals surface area contributed by atoms with E-state index in [0.717, 1.165) is 17.8 Å². The predicted molar refractivity (Wildman–Crippen MR) is 63.2 cm³/mol. The zero-order valence-electron chi connectivity index (χ0n) is 11.1. The van der Waals surface area contributed by atoms with E-state index in [1.54, 1.807) is 0 Å². The maximum absolute atomic E-state index is 2.41. The Morgan fingerprint density at radius 3 is 2.13 bits per heavy atom. The monoisotopic (exact) mass is 233 g/mol. The number of nitrogens with zero attached hydrogens (tertiary/aromatic N) is 1. The first kappa shape index (κ1) is 15.2. The van der Waals surface area contributed by atoms with Crippen LogP contribution in [-0.4, -0.2) is 31.7 Å². The number of likely N-dealkylation sites (tertiary alicyclic amines) is 1. The molecule has 1 rings (SSSR count). The molecule has 0 amide bonds. The van der Waals surface area contributed by atoms with Crippen LogP contribution in [0.5, 0.6) is 0 Å². The lowest BCUT2D eigenvalue weighted by atomic mass is 9.85. The van der Waals surface area contributed by atoms with Crippen LogP contribution in [0.3, 0.4) is 0 Å². The molecule has 1 heterocycles. The zero-order chi connectivity index (χ0) is 10.8. The molecule has 15 heavy (non-hydrogen) atoms. The third-order valence-electron chi connectivity index (χ3n) is 4.05. The summed E-state index contributed by atoms with van der Waals surface area (Å²) in [6, 6.07) is 0. The Labute approximate surface area is 102 Å². The Hall–Kier alpha value is 0.250. The second-order valence-electron chi connectivity index (χ2n) is 5.98. The molecule has 2 heteroatoms. The second-order valence-corrected chi connectivity index (χ2v) is 5.98. The molecule has 0 bridgehead atoms. The normalized spacial score (nSPS) is 31.0. The molecule has 1 aliphatic heterocycles. The molecular weight excluding hydrogens is 206 g/mol. The highest BCUT2D eigenvalue weighted by Crippen LogP contribution is 2.34. The standard InChI is InChI=1S/C13H28N.ClH/c1-6-11(3)8-13-10-14(4,5)9-12(13)7-2;/h11-13H,6-10H2,1-5H3;1H/q+1;/p-1. The molecule has 0 spiro atoms. The first-order valence-corrected chi connectivity index (χ1v) is 6.30. The van der Waals surface area contributed by atoms with Crippen LogP contribution < -0.4 is 12.4 Å². The highest BCUT2D eigenvalue weighted by atomic mass is 35.5. The van der Waals surface area contributed by atoms with Gasteiger partial charge in [0.05, 0.1) is 27.2 Å². The van der Waals surface area contributed by atoms with Crippen molar-refractivity contribution in [3.63, 3.8) is 0 Å². The van der Waals surface area contributed by atoms with E-state index in [1.807, 2.05) is 0 Å². The summed E-state index contributed by atoms with van der Waals surface area (Å²) in [5.41, 5.74) is 0. The lowest BCUT2D eigenvalue weighted by molar-refractivity contribution is -0.880. The minimum absolute atomic E-state index is 0. The smallest absolute Gasteiger partial charge is 0.0816 e. The van der Waals surface area contributed by atoms with E-state index in [4.69, 9.17) is 0 Å². The van der Waals surface area contributed by atoms with E-state index in [0.29, 0.717) is 0 Å². The molecule has 1 aliphatic rings. The molecule has 1 fully saturated rings. The third kappa shape index (κ3) is 4.32. The van der Waals surface area contributed by atoms with Crippen molar-refractivity contribution in [2.45, 2.75) is 40.0 Å². The van der Waals surface area contributed by atoms with Gasteiger partial charge in [-0.25, -0.2) is 0 Å². The Balaban J connectivity index is 0.00000196. The van der Waals surface area contributed by atoms with Crippen LogP contribution in [0.2, 0.25) is 0 Å². The first-order valence-electron chi connectivity index (χ1n) is 6.30. The maximum atomic E-state index is 2.41. The Bertz CT molecular complexity index is 179. The highest BCUT2D eigenvalue weighted by molar-refractivity contribution is 4.76. The van der Waals surface area contributed by atoms with Gasteiger partial charge in [0.1, 0.15) is 0 Å². The van der Waals surface area contributed by atoms with Gasteiger partial charge in [0, 0.05) is 11.8 Å². The van der Waals surface area contributed by atoms with E-state index in [-0.39, 0.29) is 12.4 Å². The lowest BCUT2D eigenvalue weighted by Crippen LogP contribution is -3.00. The molecule has 0 aromatic heterocycles. The molecule has 0 saturated carbocycles. The number of hydrogen-bond donors (Lipinski definition) is 0. The van der Waals surface area contributed by atoms with Crippen molar-refractivity contribution in [3.05, 3.63) is 0 Å². The molecule has 1 nitrogen and oxygen atoms in total. The van der Waals surface area contributed by atoms with E-state index in [2.05, 4.69) is 34.9 Å². The molecule has 0 aromatic rings. The van der Waals surface area contributed by atoms with Gasteiger partial charge in [-0.1, -0.05) is 27.2 Å². The van der Waals surface area contributed by atoms with Crippen molar-refractivity contribution in [1.29, 1.82) is 0 Å². The van der Waals surface area contributed by atoms with Gasteiger partial charge in [-0.3, -0.25) is 0 Å². The molecular formula is C13H28ClN. The fourth-order valence-corrected chi connectivity index (χ4v) is 3.06. The summed E-state index contributed by atoms with van der Waals surface area (Å²) >= 11 is 0. The summed E-state index contributed by atoms with van der Waals surface area (Å²) in [4.78, 5) is 0. The first-order chi connectivity index (χ1) is 6.48. The Morgan fingerprint density at radius 2 is 1.67 bits per heavy atom. The van der Waals surface area contributed by atoms with Crippen LogP contribution >= 0.6 is 0 Å². The fourth-order valence-electron chi connectivity index (χ4n) is 3.06. The van der Waals surface area contributed by atoms with Crippen molar-refractivity contribution in [3.8, 4) is 0 Å². The van der Waals surface area contributed by atoms with Crippen molar-refractivity contribution in [2.24, 2.45) is 17.8 Å². The number of halogens is 1. The summed E-state index contributed by atoms with van der Waals surface area (Å²) in [7, 11) is 4.78. The molecule has 0 aromatic carbocycles. The van der Waals surface area contributed by atoms with Crippen LogP contribution in [0.4, 0.5) is 0 Å². The quantitative estimate of drug-likeness (QED) is 0.607. The van der Waals surface area contributed by atoms with Gasteiger partial charge < -0.3 is 16.9 Å². The molecule has 92 valence electrons. The SMILES string of the molecule is CCC(C)CC1C[N+](C)(C)CC1CC.[Cl-]. The van der Waals surface area contributed by atoms with Gasteiger partial charge in [-0.2, -0.15) is 0 Å². The summed E-state index contributed by atoms with van der Waals surface area (Å²) in [5, 5.41) is 0. The van der Waals surface area contributed by atoms with Crippen LogP contribution in [0.15, 0.2) is 0 Å². The van der Waals surface area contributed by atoms with Gasteiger partial charge in [0.15, 0.2) is 0 Å². The van der Waals surface area contributed by atoms with Crippen molar-refractivity contribution < 1.29 is 16.9 Å². The molecule has 3 unspecified atom stereocenters. The minimum atomic E-state index is 0. The van der Waals surface area contributed by atoms with Crippen molar-refractivity contribution in [1.82, 2.24) is 0 Å². The topological polar surface area (TPSA) is 0 Å². The number of rotatable bonds is 4. The van der Waals surface area contributed by atoms with Gasteiger partial charge in [-0.05, 0) is 18.8 Å². The second kappa shape index (κ2) is 6.10. The van der Waals surface area contributed by atoms with Gasteiger partial charge in [0.2, 0.25) is 0 Å². The predicted octanol–water partition coefficient (Wildman–Crippen LogP) is 0.159. The Morgan fingerprint density at radius 1 is 1.13 bits per heavy atom. The third-order valence-corrected chi connectivity index (χ3v) is 4.05. The zero-order valence-corrected chi connectivity index (χ0v) is 11.8. The van der Waals surface area contributed by atoms with Crippen LogP contribution in [0, 0.1) is 17.8 Å². The maximum Gasteiger partial charge on any atom is 0.0816 e. The average Bonchev–Trinajstić information content (AvgIpc) is 2.40. The summed E-state index contributed by atoms with van der Waals surface area (Å²) in [5.74, 6) is 2.90. The number of quaternary nitrogens is 1. The molecule has 1 saturated heterocycles. The van der Waals surface area contributed by atoms with E-state index in [1.165, 1.54) is 36.8 Å². The van der Waals surface area contributed by atoms with Crippen molar-refractivity contribution in [2.75, 3.05) is 27.2 Å². The lowest BCUT2D eigenvalue weighted by Gasteiger charge is -2.23. The van der Waals surface area contributed by atoms with Crippen molar-refractivity contribution >= 4 is 0 Å². The summed E-state index contributed by atoms with van der Waals surface area (Å²) < 4.78 is 1.25. The van der Waals surface area contributed by atoms with E-state index >= 15 is 0 Å². The molecule has 3 atom stereocenters. The van der Waals surface area contributed by atoms with Gasteiger partial charge in [0.25, 0.3) is 0 Å². The Kier molecular flexibility index (Phi) is 6.20. The van der Waals surface area contributed by atoms with Gasteiger partial charge >= 0.3 is 0 Å². The van der Waals surface area contributed by atoms with E-state index < -0.39 is 0 Å². The van der Waals surface area contributed by atoms with Crippen LogP contribution in [0.25, 0.3) is 0 Å². The molecule has 0 radical (unpaired) electrons. The van der Waals surface area contributed by atoms with Crippen LogP contribution in [0.1, 0.15) is 40.0 Å². The minimum Gasteiger partial charge on any atom is -1.00 e. The van der Waals surface area contributed by atoms with Crippen LogP contribution in [-0.2, 0) is 0 Å². The van der Waals surface area contributed by atoms with Gasteiger partial charge in [-0.15, -0.1) is 0 Å². The summed E-state index contributed by atoms with van der Waals surface area (Å²) in [6.45, 7) is 9.89. The summed E-state index contributed by atoms with van der Waals surface area (Å²) in [6.07, 6.45) is 4.18.